The summed E-state index contributed by atoms with van der Waals surface area (Å²) in [4.78, 5) is 5.17. The van der Waals surface area contributed by atoms with Gasteiger partial charge in [-0.3, -0.25) is 0 Å². The molecule has 2 aromatic heterocycles. The largest absolute Gasteiger partial charge is 0.386 e. The van der Waals surface area contributed by atoms with Gasteiger partial charge in [-0.2, -0.15) is 0 Å². The molecule has 0 amide bonds. The molecule has 6 heteroatoms. The summed E-state index contributed by atoms with van der Waals surface area (Å²) < 4.78 is 1.66. The molecular weight excluding hydrogens is 318 g/mol. The predicted octanol–water partition coefficient (Wildman–Crippen LogP) is 3.90. The van der Waals surface area contributed by atoms with Crippen molar-refractivity contribution in [2.45, 2.75) is 12.5 Å². The Morgan fingerprint density at radius 3 is 2.93 bits per heavy atom. The Labute approximate surface area is 109 Å². The Kier molecular flexibility index (Phi) is 3.79. The van der Waals surface area contributed by atoms with Crippen LogP contribution in [0.4, 0.5) is 0 Å². The van der Waals surface area contributed by atoms with Gasteiger partial charge in [-0.05, 0) is 22.0 Å². The first kappa shape index (κ1) is 11.5. The molecule has 0 saturated carbocycles. The van der Waals surface area contributed by atoms with E-state index in [1.807, 2.05) is 11.4 Å². The van der Waals surface area contributed by atoms with E-state index in [2.05, 4.69) is 20.9 Å². The minimum absolute atomic E-state index is 0.562. The molecule has 1 atom stereocenters. The smallest absolute Gasteiger partial charge is 0.123 e. The van der Waals surface area contributed by atoms with E-state index in [1.54, 1.807) is 17.5 Å². The van der Waals surface area contributed by atoms with Crippen molar-refractivity contribution in [1.82, 2.24) is 4.98 Å². The van der Waals surface area contributed by atoms with Gasteiger partial charge in [-0.15, -0.1) is 22.7 Å². The van der Waals surface area contributed by atoms with E-state index in [-0.39, 0.29) is 0 Å². The van der Waals surface area contributed by atoms with E-state index in [4.69, 9.17) is 11.6 Å². The van der Waals surface area contributed by atoms with Crippen LogP contribution in [0.15, 0.2) is 22.1 Å². The van der Waals surface area contributed by atoms with Crippen LogP contribution in [-0.2, 0) is 6.42 Å². The van der Waals surface area contributed by atoms with Gasteiger partial charge >= 0.3 is 0 Å². The van der Waals surface area contributed by atoms with Crippen LogP contribution in [0.1, 0.15) is 16.0 Å². The third-order valence-electron chi connectivity index (χ3n) is 1.80. The van der Waals surface area contributed by atoms with Crippen LogP contribution in [0, 0.1) is 0 Å². The summed E-state index contributed by atoms with van der Waals surface area (Å²) in [5.41, 5.74) is 0. The molecule has 0 bridgehead atoms. The average molecular weight is 325 g/mol. The molecule has 0 radical (unpaired) electrons. The van der Waals surface area contributed by atoms with Crippen molar-refractivity contribution in [3.8, 4) is 0 Å². The molecule has 0 aliphatic heterocycles. The molecule has 80 valence electrons. The van der Waals surface area contributed by atoms with E-state index in [1.165, 1.54) is 11.3 Å². The Bertz CT molecular complexity index is 456. The Hall–Kier alpha value is 0.0600. The van der Waals surface area contributed by atoms with Crippen molar-refractivity contribution < 1.29 is 5.11 Å². The summed E-state index contributed by atoms with van der Waals surface area (Å²) in [6, 6.07) is 2.00. The van der Waals surface area contributed by atoms with Crippen LogP contribution in [0.25, 0.3) is 0 Å². The lowest BCUT2D eigenvalue weighted by molar-refractivity contribution is 0.179. The topological polar surface area (TPSA) is 33.1 Å². The third-order valence-corrected chi connectivity index (χ3v) is 4.73. The molecule has 1 N–H and O–H groups in total. The quantitative estimate of drug-likeness (QED) is 0.929. The number of rotatable bonds is 3. The zero-order valence-corrected chi connectivity index (χ0v) is 11.5. The summed E-state index contributed by atoms with van der Waals surface area (Å²) in [5.74, 6) is 0. The average Bonchev–Trinajstić information content (AvgIpc) is 2.75. The van der Waals surface area contributed by atoms with Crippen molar-refractivity contribution in [3.05, 3.63) is 36.3 Å². The Morgan fingerprint density at radius 1 is 1.60 bits per heavy atom. The van der Waals surface area contributed by atoms with Crippen LogP contribution < -0.4 is 0 Å². The lowest BCUT2D eigenvalue weighted by Crippen LogP contribution is -1.99. The molecule has 15 heavy (non-hydrogen) atoms. The molecule has 0 fully saturated rings. The van der Waals surface area contributed by atoms with Gasteiger partial charge in [0.1, 0.15) is 15.4 Å². The van der Waals surface area contributed by atoms with E-state index < -0.39 is 6.10 Å². The van der Waals surface area contributed by atoms with Gasteiger partial charge in [0, 0.05) is 21.2 Å². The van der Waals surface area contributed by atoms with Gasteiger partial charge in [0.05, 0.1) is 6.20 Å². The molecule has 2 rings (SSSR count). The van der Waals surface area contributed by atoms with Crippen molar-refractivity contribution in [1.29, 1.82) is 0 Å². The first-order valence-electron chi connectivity index (χ1n) is 4.17. The van der Waals surface area contributed by atoms with Gasteiger partial charge in [0.15, 0.2) is 0 Å². The van der Waals surface area contributed by atoms with Gasteiger partial charge in [0.25, 0.3) is 0 Å². The molecule has 2 heterocycles. The molecule has 2 nitrogen and oxygen atoms in total. The second-order valence-electron chi connectivity index (χ2n) is 2.95. The summed E-state index contributed by atoms with van der Waals surface area (Å²) in [6.45, 7) is 0. The molecule has 2 aromatic rings. The van der Waals surface area contributed by atoms with Gasteiger partial charge in [-0.25, -0.2) is 4.98 Å². The Balaban J connectivity index is 2.06. The summed E-state index contributed by atoms with van der Waals surface area (Å²) in [7, 11) is 0. The number of aliphatic hydroxyl groups is 1. The lowest BCUT2D eigenvalue weighted by atomic mass is 10.2. The maximum atomic E-state index is 9.88. The van der Waals surface area contributed by atoms with Crippen LogP contribution in [0.5, 0.6) is 0 Å². The number of nitrogens with zero attached hydrogens (tertiary/aromatic N) is 1. The van der Waals surface area contributed by atoms with Crippen molar-refractivity contribution in [2.75, 3.05) is 0 Å². The first-order valence-corrected chi connectivity index (χ1v) is 7.04. The van der Waals surface area contributed by atoms with E-state index in [0.29, 0.717) is 15.8 Å². The third kappa shape index (κ3) is 3.01. The first-order chi connectivity index (χ1) is 7.15. The summed E-state index contributed by atoms with van der Waals surface area (Å²) >= 11 is 12.1. The predicted molar refractivity (Wildman–Crippen MR) is 67.8 cm³/mol. The molecule has 0 aliphatic carbocycles. The Morgan fingerprint density at radius 2 is 2.40 bits per heavy atom. The number of thiazole rings is 1. The second kappa shape index (κ2) is 4.93. The van der Waals surface area contributed by atoms with E-state index >= 15 is 0 Å². The molecular formula is C9H7BrClNOS2. The molecule has 1 unspecified atom stereocenters. The highest BCUT2D eigenvalue weighted by Crippen LogP contribution is 2.29. The fourth-order valence-corrected chi connectivity index (χ4v) is 3.56. The molecule has 0 spiro atoms. The maximum absolute atomic E-state index is 9.88. The zero-order valence-electron chi connectivity index (χ0n) is 7.48. The summed E-state index contributed by atoms with van der Waals surface area (Å²) in [6.07, 6.45) is 1.59. The molecule has 0 aliphatic rings. The SMILES string of the molecule is OC(Cc1cc(Br)cs1)c1ncc(Cl)s1. The normalized spacial score (nSPS) is 13.0. The van der Waals surface area contributed by atoms with Gasteiger partial charge in [0.2, 0.25) is 0 Å². The van der Waals surface area contributed by atoms with Crippen molar-refractivity contribution in [3.63, 3.8) is 0 Å². The number of aromatic nitrogens is 1. The van der Waals surface area contributed by atoms with Crippen LogP contribution in [-0.4, -0.2) is 10.1 Å². The van der Waals surface area contributed by atoms with Gasteiger partial charge < -0.3 is 5.11 Å². The highest BCUT2D eigenvalue weighted by Gasteiger charge is 2.13. The van der Waals surface area contributed by atoms with E-state index in [9.17, 15) is 5.11 Å². The minimum atomic E-state index is -0.562. The van der Waals surface area contributed by atoms with Crippen molar-refractivity contribution >= 4 is 50.2 Å². The number of thiophene rings is 1. The number of hydrogen-bond acceptors (Lipinski definition) is 4. The number of hydrogen-bond donors (Lipinski definition) is 1. The lowest BCUT2D eigenvalue weighted by Gasteiger charge is -2.04. The van der Waals surface area contributed by atoms with Crippen LogP contribution in [0.3, 0.4) is 0 Å². The second-order valence-corrected chi connectivity index (χ2v) is 6.56. The number of aliphatic hydroxyl groups excluding tert-OH is 1. The summed E-state index contributed by atoms with van der Waals surface area (Å²) in [5, 5.41) is 12.5. The van der Waals surface area contributed by atoms with Crippen LogP contribution >= 0.6 is 50.2 Å². The minimum Gasteiger partial charge on any atom is -0.386 e. The highest BCUT2D eigenvalue weighted by atomic mass is 79.9. The number of halogens is 2. The molecule has 0 aromatic carbocycles. The monoisotopic (exact) mass is 323 g/mol. The van der Waals surface area contributed by atoms with Crippen molar-refractivity contribution in [2.24, 2.45) is 0 Å². The van der Waals surface area contributed by atoms with Crippen LogP contribution in [0.2, 0.25) is 4.34 Å². The molecule has 0 saturated heterocycles. The highest BCUT2D eigenvalue weighted by molar-refractivity contribution is 9.10. The fraction of sp³-hybridized carbons (Fsp3) is 0.222. The zero-order chi connectivity index (χ0) is 10.8. The maximum Gasteiger partial charge on any atom is 0.123 e. The standard InChI is InChI=1S/C9H7BrClNOS2/c10-5-1-6(14-4-5)2-7(13)9-12-3-8(11)15-9/h1,3-4,7,13H,2H2. The van der Waals surface area contributed by atoms with E-state index in [0.717, 1.165) is 9.35 Å². The fourth-order valence-electron chi connectivity index (χ4n) is 1.16. The van der Waals surface area contributed by atoms with Gasteiger partial charge in [-0.1, -0.05) is 11.6 Å².